The molecule has 2 radical (unpaired) electrons. The quantitative estimate of drug-likeness (QED) is 0.447. The number of ketones is 1. The molecule has 0 N–H and O–H groups in total. The highest BCUT2D eigenvalue weighted by Crippen LogP contribution is 2.40. The third kappa shape index (κ3) is 1.80. The van der Waals surface area contributed by atoms with Crippen LogP contribution in [0.5, 0.6) is 5.75 Å². The van der Waals surface area contributed by atoms with Gasteiger partial charge in [0, 0.05) is 5.56 Å². The van der Waals surface area contributed by atoms with Gasteiger partial charge in [-0.05, 0) is 36.6 Å². The smallest absolute Gasteiger partial charge is 0.310 e. The van der Waals surface area contributed by atoms with Gasteiger partial charge in [0.1, 0.15) is 13.6 Å². The van der Waals surface area contributed by atoms with Gasteiger partial charge in [-0.25, -0.2) is 0 Å². The molecule has 0 saturated heterocycles. The summed E-state index contributed by atoms with van der Waals surface area (Å²) in [5.41, 5.74) is 1.32. The largest absolute Gasteiger partial charge is 0.497 e. The Morgan fingerprint density at radius 1 is 1.39 bits per heavy atom. The van der Waals surface area contributed by atoms with Crippen molar-refractivity contribution in [2.24, 2.45) is 0 Å². The second kappa shape index (κ2) is 4.48. The Morgan fingerprint density at radius 2 is 2.11 bits per heavy atom. The lowest BCUT2D eigenvalue weighted by Crippen LogP contribution is -2.37. The number of esters is 1. The summed E-state index contributed by atoms with van der Waals surface area (Å²) in [5.74, 6) is -0.392. The van der Waals surface area contributed by atoms with Crippen molar-refractivity contribution in [1.82, 2.24) is 0 Å². The van der Waals surface area contributed by atoms with E-state index in [-0.39, 0.29) is 6.42 Å². The van der Waals surface area contributed by atoms with E-state index in [1.54, 1.807) is 25.3 Å². The lowest BCUT2D eigenvalue weighted by atomic mass is 9.58. The summed E-state index contributed by atoms with van der Waals surface area (Å²) >= 11 is 0. The molecular weight excluding hydrogens is 231 g/mol. The minimum Gasteiger partial charge on any atom is -0.497 e. The first kappa shape index (κ1) is 12.7. The fraction of sp³-hybridized carbons (Fsp3) is 0.385. The Kier molecular flexibility index (Phi) is 3.15. The van der Waals surface area contributed by atoms with E-state index >= 15 is 0 Å². The number of hydrogen-bond donors (Lipinski definition) is 0. The molecule has 0 spiro atoms. The lowest BCUT2D eigenvalue weighted by molar-refractivity contribution is -0.143. The average molecular weight is 244 g/mol. The number of carbonyl (C=O) groups excluding carboxylic acids is 2. The third-order valence-electron chi connectivity index (χ3n) is 3.30. The number of ether oxygens (including phenoxy) is 2. The molecule has 1 aliphatic rings. The molecule has 0 bridgehead atoms. The van der Waals surface area contributed by atoms with Crippen LogP contribution in [0.1, 0.15) is 22.3 Å². The zero-order chi connectivity index (χ0) is 13.3. The Morgan fingerprint density at radius 3 is 2.72 bits per heavy atom. The highest BCUT2D eigenvalue weighted by molar-refractivity contribution is 6.43. The van der Waals surface area contributed by atoms with E-state index in [1.165, 1.54) is 7.11 Å². The summed E-state index contributed by atoms with van der Waals surface area (Å²) in [6.45, 7) is 0. The molecule has 1 unspecified atom stereocenters. The average Bonchev–Trinajstić information content (AvgIpc) is 2.41. The Labute approximate surface area is 107 Å². The van der Waals surface area contributed by atoms with E-state index in [1.807, 2.05) is 0 Å². The van der Waals surface area contributed by atoms with Crippen LogP contribution in [0.4, 0.5) is 0 Å². The van der Waals surface area contributed by atoms with Crippen LogP contribution in [-0.4, -0.2) is 33.8 Å². The van der Waals surface area contributed by atoms with Crippen LogP contribution in [0, 0.1) is 0 Å². The molecule has 18 heavy (non-hydrogen) atoms. The molecule has 0 heterocycles. The van der Waals surface area contributed by atoms with Crippen LogP contribution in [0.15, 0.2) is 18.2 Å². The molecule has 0 saturated carbocycles. The SMILES string of the molecule is [B]C1(C(=O)OC)CCc2cc(OC)ccc2C1=O. The molecule has 1 aromatic carbocycles. The molecule has 0 amide bonds. The molecule has 0 fully saturated rings. The van der Waals surface area contributed by atoms with Crippen molar-refractivity contribution in [3.63, 3.8) is 0 Å². The molecule has 0 aliphatic heterocycles. The standard InChI is InChI=1S/C13H13BO4/c1-17-9-3-4-10-8(7-9)5-6-13(14,11(10)15)12(16)18-2/h3-4,7H,5-6H2,1-2H3. The fourth-order valence-electron chi connectivity index (χ4n) is 2.19. The highest BCUT2D eigenvalue weighted by Gasteiger charge is 2.44. The predicted octanol–water partition coefficient (Wildman–Crippen LogP) is 1.32. The van der Waals surface area contributed by atoms with E-state index in [0.717, 1.165) is 5.56 Å². The Balaban J connectivity index is 2.43. The number of benzene rings is 1. The molecule has 2 rings (SSSR count). The number of fused-ring (bicyclic) bond motifs is 1. The molecule has 92 valence electrons. The normalized spacial score (nSPS) is 22.2. The van der Waals surface area contributed by atoms with Gasteiger partial charge in [0.05, 0.1) is 19.5 Å². The van der Waals surface area contributed by atoms with E-state index in [9.17, 15) is 9.59 Å². The molecule has 1 aliphatic carbocycles. The number of hydrogen-bond acceptors (Lipinski definition) is 4. The maximum absolute atomic E-state index is 12.3. The molecular formula is C13H13BO4. The Hall–Kier alpha value is -1.78. The third-order valence-corrected chi connectivity index (χ3v) is 3.30. The zero-order valence-corrected chi connectivity index (χ0v) is 10.4. The first-order valence-electron chi connectivity index (χ1n) is 5.62. The summed E-state index contributed by atoms with van der Waals surface area (Å²) < 4.78 is 9.72. The maximum Gasteiger partial charge on any atom is 0.310 e. The minimum absolute atomic E-state index is 0.249. The zero-order valence-electron chi connectivity index (χ0n) is 10.4. The lowest BCUT2D eigenvalue weighted by Gasteiger charge is -2.31. The molecule has 1 aromatic rings. The van der Waals surface area contributed by atoms with Gasteiger partial charge in [0.25, 0.3) is 0 Å². The molecule has 5 heteroatoms. The summed E-state index contributed by atoms with van der Waals surface area (Å²) in [7, 11) is 8.68. The predicted molar refractivity (Wildman–Crippen MR) is 66.1 cm³/mol. The van der Waals surface area contributed by atoms with E-state index in [0.29, 0.717) is 17.7 Å². The first-order valence-corrected chi connectivity index (χ1v) is 5.62. The number of rotatable bonds is 2. The van der Waals surface area contributed by atoms with Gasteiger partial charge < -0.3 is 9.47 Å². The first-order chi connectivity index (χ1) is 8.52. The van der Waals surface area contributed by atoms with Gasteiger partial charge >= 0.3 is 5.97 Å². The highest BCUT2D eigenvalue weighted by atomic mass is 16.5. The van der Waals surface area contributed by atoms with Gasteiger partial charge in [0.2, 0.25) is 0 Å². The summed E-state index contributed by atoms with van der Waals surface area (Å²) in [5, 5.41) is -1.56. The second-order valence-corrected chi connectivity index (χ2v) is 4.32. The maximum atomic E-state index is 12.3. The van der Waals surface area contributed by atoms with E-state index in [2.05, 4.69) is 4.74 Å². The molecule has 1 atom stereocenters. The summed E-state index contributed by atoms with van der Waals surface area (Å²) in [4.78, 5) is 23.9. The summed E-state index contributed by atoms with van der Waals surface area (Å²) in [6.07, 6.45) is 0.794. The topological polar surface area (TPSA) is 52.6 Å². The van der Waals surface area contributed by atoms with Gasteiger partial charge in [-0.3, -0.25) is 9.59 Å². The van der Waals surface area contributed by atoms with Crippen LogP contribution < -0.4 is 4.74 Å². The second-order valence-electron chi connectivity index (χ2n) is 4.32. The van der Waals surface area contributed by atoms with Crippen molar-refractivity contribution in [2.75, 3.05) is 14.2 Å². The number of carbonyl (C=O) groups is 2. The van der Waals surface area contributed by atoms with Gasteiger partial charge in [-0.1, -0.05) is 0 Å². The van der Waals surface area contributed by atoms with Gasteiger partial charge in [-0.2, -0.15) is 0 Å². The number of methoxy groups -OCH3 is 2. The van der Waals surface area contributed by atoms with Crippen molar-refractivity contribution in [3.05, 3.63) is 29.3 Å². The van der Waals surface area contributed by atoms with Crippen LogP contribution in [0.2, 0.25) is 5.31 Å². The van der Waals surface area contributed by atoms with E-state index in [4.69, 9.17) is 12.6 Å². The van der Waals surface area contributed by atoms with Crippen molar-refractivity contribution < 1.29 is 19.1 Å². The van der Waals surface area contributed by atoms with Crippen molar-refractivity contribution in [2.45, 2.75) is 18.2 Å². The van der Waals surface area contributed by atoms with Crippen molar-refractivity contribution in [3.8, 4) is 5.75 Å². The Bertz CT molecular complexity index is 512. The van der Waals surface area contributed by atoms with Crippen LogP contribution >= 0.6 is 0 Å². The van der Waals surface area contributed by atoms with Crippen molar-refractivity contribution in [1.29, 1.82) is 0 Å². The molecule has 0 aromatic heterocycles. The molecule has 4 nitrogen and oxygen atoms in total. The number of aryl methyl sites for hydroxylation is 1. The fourth-order valence-corrected chi connectivity index (χ4v) is 2.19. The van der Waals surface area contributed by atoms with Crippen molar-refractivity contribution >= 4 is 19.6 Å². The van der Waals surface area contributed by atoms with E-state index < -0.39 is 17.1 Å². The van der Waals surface area contributed by atoms with Crippen LogP contribution in [0.3, 0.4) is 0 Å². The number of Topliss-reactive ketones (excluding diaryl/α,β-unsaturated/α-hetero) is 1. The van der Waals surface area contributed by atoms with Crippen LogP contribution in [0.25, 0.3) is 0 Å². The monoisotopic (exact) mass is 244 g/mol. The summed E-state index contributed by atoms with van der Waals surface area (Å²) in [6, 6.07) is 5.12. The van der Waals surface area contributed by atoms with Crippen LogP contribution in [-0.2, 0) is 16.0 Å². The van der Waals surface area contributed by atoms with Gasteiger partial charge in [-0.15, -0.1) is 0 Å². The van der Waals surface area contributed by atoms with Gasteiger partial charge in [0.15, 0.2) is 5.78 Å². The minimum atomic E-state index is -1.56.